The lowest BCUT2D eigenvalue weighted by Gasteiger charge is -2.32. The Labute approximate surface area is 176 Å². The van der Waals surface area contributed by atoms with Gasteiger partial charge in [-0.1, -0.05) is 11.6 Å². The van der Waals surface area contributed by atoms with Gasteiger partial charge < -0.3 is 15.5 Å². The molecule has 1 aliphatic rings. The highest BCUT2D eigenvalue weighted by atomic mass is 35.5. The van der Waals surface area contributed by atoms with E-state index >= 15 is 0 Å². The second-order valence-electron chi connectivity index (χ2n) is 7.21. The number of aryl methyl sites for hydroxylation is 1. The number of halogens is 3. The van der Waals surface area contributed by atoms with Crippen molar-refractivity contribution in [3.05, 3.63) is 35.0 Å². The Bertz CT molecular complexity index is 1100. The molecule has 4 rings (SSSR count). The number of nitrogens with zero attached hydrogens (tertiary/aromatic N) is 5. The van der Waals surface area contributed by atoms with Gasteiger partial charge in [0.1, 0.15) is 11.2 Å². The summed E-state index contributed by atoms with van der Waals surface area (Å²) in [5.41, 5.74) is 0.606. The van der Waals surface area contributed by atoms with E-state index in [0.717, 1.165) is 31.5 Å². The van der Waals surface area contributed by atoms with Crippen LogP contribution in [0.15, 0.2) is 18.3 Å². The van der Waals surface area contributed by atoms with Gasteiger partial charge >= 0.3 is 0 Å². The Kier molecular flexibility index (Phi) is 5.42. The number of anilines is 3. The van der Waals surface area contributed by atoms with Gasteiger partial charge in [-0.2, -0.15) is 4.98 Å². The van der Waals surface area contributed by atoms with E-state index in [1.807, 2.05) is 0 Å². The number of likely N-dealkylation sites (tertiary alicyclic amines) is 1. The average molecular weight is 436 g/mol. The molecule has 2 N–H and O–H groups in total. The number of imidazole rings is 1. The van der Waals surface area contributed by atoms with E-state index in [0.29, 0.717) is 23.7 Å². The summed E-state index contributed by atoms with van der Waals surface area (Å²) in [6, 6.07) is 2.08. The number of hydrogen-bond donors (Lipinski definition) is 2. The molecule has 1 atom stereocenters. The third kappa shape index (κ3) is 4.00. The second-order valence-corrected chi connectivity index (χ2v) is 7.65. The second kappa shape index (κ2) is 8.02. The molecule has 158 valence electrons. The minimum absolute atomic E-state index is 0.0341. The molecule has 0 unspecified atom stereocenters. The van der Waals surface area contributed by atoms with E-state index in [-0.39, 0.29) is 28.6 Å². The smallest absolute Gasteiger partial charge is 0.225 e. The van der Waals surface area contributed by atoms with E-state index in [4.69, 9.17) is 11.6 Å². The molecule has 8 nitrogen and oxygen atoms in total. The number of benzene rings is 1. The fourth-order valence-corrected chi connectivity index (χ4v) is 3.69. The van der Waals surface area contributed by atoms with Gasteiger partial charge in [-0.3, -0.25) is 9.36 Å². The molecule has 1 fully saturated rings. The summed E-state index contributed by atoms with van der Waals surface area (Å²) in [6.07, 6.45) is 3.34. The molecular formula is C19H20ClF2N7O. The maximum Gasteiger partial charge on any atom is 0.225 e. The Morgan fingerprint density at radius 2 is 2.00 bits per heavy atom. The summed E-state index contributed by atoms with van der Waals surface area (Å²) < 4.78 is 29.8. The summed E-state index contributed by atoms with van der Waals surface area (Å²) in [5, 5.41) is 5.88. The summed E-state index contributed by atoms with van der Waals surface area (Å²) in [7, 11) is 1.68. The molecule has 3 aromatic rings. The molecule has 0 saturated carbocycles. The zero-order valence-electron chi connectivity index (χ0n) is 16.4. The van der Waals surface area contributed by atoms with Gasteiger partial charge in [0.2, 0.25) is 17.8 Å². The van der Waals surface area contributed by atoms with Crippen molar-refractivity contribution >= 4 is 46.3 Å². The maximum absolute atomic E-state index is 14.1. The minimum atomic E-state index is -0.826. The van der Waals surface area contributed by atoms with Gasteiger partial charge in [0.05, 0.1) is 6.20 Å². The van der Waals surface area contributed by atoms with Gasteiger partial charge in [0, 0.05) is 38.1 Å². The van der Waals surface area contributed by atoms with Crippen LogP contribution in [-0.4, -0.2) is 49.5 Å². The number of carbonyl (C=O) groups excluding carboxylic acids is 1. The molecule has 2 aromatic heterocycles. The van der Waals surface area contributed by atoms with Gasteiger partial charge in [0.15, 0.2) is 17.3 Å². The van der Waals surface area contributed by atoms with Crippen LogP contribution >= 0.6 is 11.6 Å². The Morgan fingerprint density at radius 1 is 1.27 bits per heavy atom. The number of rotatable bonds is 4. The number of nitrogens with one attached hydrogen (secondary N) is 2. The Hall–Kier alpha value is -3.01. The molecule has 0 bridgehead atoms. The molecule has 3 heterocycles. The minimum Gasteiger partial charge on any atom is -0.350 e. The van der Waals surface area contributed by atoms with Gasteiger partial charge in [-0.05, 0) is 25.0 Å². The summed E-state index contributed by atoms with van der Waals surface area (Å²) in [4.78, 5) is 26.5. The molecule has 30 heavy (non-hydrogen) atoms. The third-order valence-electron chi connectivity index (χ3n) is 5.06. The summed E-state index contributed by atoms with van der Waals surface area (Å²) in [5.74, 6) is -1.00. The lowest BCUT2D eigenvalue weighted by molar-refractivity contribution is -0.129. The number of hydrogen-bond acceptors (Lipinski definition) is 6. The van der Waals surface area contributed by atoms with Crippen LogP contribution in [0.2, 0.25) is 5.02 Å². The number of carbonyl (C=O) groups is 1. The largest absolute Gasteiger partial charge is 0.350 e. The van der Waals surface area contributed by atoms with Crippen LogP contribution in [0.5, 0.6) is 0 Å². The van der Waals surface area contributed by atoms with Crippen LogP contribution in [0.3, 0.4) is 0 Å². The van der Waals surface area contributed by atoms with Crippen molar-refractivity contribution in [2.75, 3.05) is 23.7 Å². The highest BCUT2D eigenvalue weighted by Crippen LogP contribution is 2.27. The first-order valence-electron chi connectivity index (χ1n) is 9.45. The normalized spacial score (nSPS) is 16.7. The van der Waals surface area contributed by atoms with Gasteiger partial charge in [0.25, 0.3) is 0 Å². The molecule has 1 saturated heterocycles. The summed E-state index contributed by atoms with van der Waals surface area (Å²) in [6.45, 7) is 2.90. The first-order valence-corrected chi connectivity index (χ1v) is 9.82. The monoisotopic (exact) mass is 435 g/mol. The van der Waals surface area contributed by atoms with Crippen molar-refractivity contribution < 1.29 is 13.6 Å². The molecular weight excluding hydrogens is 416 g/mol. The zero-order valence-corrected chi connectivity index (χ0v) is 17.2. The van der Waals surface area contributed by atoms with Gasteiger partial charge in [-0.25, -0.2) is 18.7 Å². The van der Waals surface area contributed by atoms with Crippen LogP contribution in [0.1, 0.15) is 19.8 Å². The summed E-state index contributed by atoms with van der Waals surface area (Å²) >= 11 is 5.67. The number of fused-ring (bicyclic) bond motifs is 1. The predicted octanol–water partition coefficient (Wildman–Crippen LogP) is 3.46. The highest BCUT2D eigenvalue weighted by Gasteiger charge is 2.22. The molecule has 0 spiro atoms. The van der Waals surface area contributed by atoms with Crippen LogP contribution in [0, 0.1) is 11.6 Å². The quantitative estimate of drug-likeness (QED) is 0.652. The standard InChI is InChI=1S/C19H20ClF2N7O/c1-10(30)29-5-3-4-12(9-29)24-18-23-8-15-17(27-18)28(2)19(25-15)26-16-13(21)6-11(20)7-14(16)22/h6-8,12H,3-5,9H2,1-2H3,(H,25,26)(H,23,24,27)/t12-/m1/s1. The predicted molar refractivity (Wildman–Crippen MR) is 110 cm³/mol. The fraction of sp³-hybridized carbons (Fsp3) is 0.368. The van der Waals surface area contributed by atoms with E-state index < -0.39 is 11.6 Å². The highest BCUT2D eigenvalue weighted by molar-refractivity contribution is 6.30. The maximum atomic E-state index is 14.1. The van der Waals surface area contributed by atoms with Crippen molar-refractivity contribution in [1.29, 1.82) is 0 Å². The van der Waals surface area contributed by atoms with Gasteiger partial charge in [-0.15, -0.1) is 0 Å². The van der Waals surface area contributed by atoms with E-state index in [1.54, 1.807) is 23.4 Å². The first-order chi connectivity index (χ1) is 14.3. The number of amides is 1. The molecule has 0 radical (unpaired) electrons. The number of piperidine rings is 1. The van der Waals surface area contributed by atoms with Crippen molar-refractivity contribution in [2.45, 2.75) is 25.8 Å². The Morgan fingerprint density at radius 3 is 2.70 bits per heavy atom. The average Bonchev–Trinajstić information content (AvgIpc) is 3.00. The van der Waals surface area contributed by atoms with Crippen molar-refractivity contribution in [3.63, 3.8) is 0 Å². The lowest BCUT2D eigenvalue weighted by atomic mass is 10.1. The van der Waals surface area contributed by atoms with Crippen LogP contribution < -0.4 is 10.6 Å². The fourth-order valence-electron chi connectivity index (χ4n) is 3.50. The van der Waals surface area contributed by atoms with Crippen molar-refractivity contribution in [3.8, 4) is 0 Å². The third-order valence-corrected chi connectivity index (χ3v) is 5.27. The molecule has 11 heteroatoms. The SMILES string of the molecule is CC(=O)N1CCC[C@@H](Nc2ncc3nc(Nc4c(F)cc(Cl)cc4F)n(C)c3n2)C1. The van der Waals surface area contributed by atoms with E-state index in [9.17, 15) is 13.6 Å². The van der Waals surface area contributed by atoms with E-state index in [1.165, 1.54) is 6.20 Å². The Balaban J connectivity index is 1.57. The lowest BCUT2D eigenvalue weighted by Crippen LogP contribution is -2.44. The molecule has 1 aliphatic heterocycles. The van der Waals surface area contributed by atoms with Crippen molar-refractivity contribution in [1.82, 2.24) is 24.4 Å². The first kappa shape index (κ1) is 20.3. The topological polar surface area (TPSA) is 88.0 Å². The zero-order chi connectivity index (χ0) is 21.4. The van der Waals surface area contributed by atoms with Crippen molar-refractivity contribution in [2.24, 2.45) is 7.05 Å². The van der Waals surface area contributed by atoms with E-state index in [2.05, 4.69) is 25.6 Å². The van der Waals surface area contributed by atoms with Crippen LogP contribution in [-0.2, 0) is 11.8 Å². The van der Waals surface area contributed by atoms with Crippen LogP contribution in [0.4, 0.5) is 26.4 Å². The molecule has 1 amide bonds. The molecule has 1 aromatic carbocycles. The molecule has 0 aliphatic carbocycles. The van der Waals surface area contributed by atoms with Crippen LogP contribution in [0.25, 0.3) is 11.2 Å². The number of aromatic nitrogens is 4.